The fourth-order valence-electron chi connectivity index (χ4n) is 6.38. The summed E-state index contributed by atoms with van der Waals surface area (Å²) >= 11 is 2.79. The first-order valence-electron chi connectivity index (χ1n) is 11.4. The highest BCUT2D eigenvalue weighted by Crippen LogP contribution is 2.61. The molecule has 5 aliphatic rings. The van der Waals surface area contributed by atoms with Gasteiger partial charge in [-0.2, -0.15) is 0 Å². The number of amides is 2. The van der Waals surface area contributed by atoms with Crippen LogP contribution in [-0.4, -0.2) is 101 Å². The molecule has 5 atom stereocenters. The predicted octanol–water partition coefficient (Wildman–Crippen LogP) is -0.0169. The third-order valence-corrected chi connectivity index (χ3v) is 9.73. The van der Waals surface area contributed by atoms with Crippen LogP contribution in [0.5, 0.6) is 0 Å². The first-order valence-corrected chi connectivity index (χ1v) is 13.3. The first-order chi connectivity index (χ1) is 17.3. The molecule has 0 bridgehead atoms. The second-order valence-electron chi connectivity index (χ2n) is 9.17. The maximum Gasteiger partial charge on any atom is 0.404 e. The molecule has 0 saturated carbocycles. The summed E-state index contributed by atoms with van der Waals surface area (Å²) in [5.74, 6) is -4.32. The largest absolute Gasteiger partial charge is 0.449 e. The lowest BCUT2D eigenvalue weighted by molar-refractivity contribution is -0.197. The van der Waals surface area contributed by atoms with E-state index in [0.717, 1.165) is 4.34 Å². The van der Waals surface area contributed by atoms with Crippen LogP contribution in [0.15, 0.2) is 27.2 Å². The van der Waals surface area contributed by atoms with Gasteiger partial charge in [-0.15, -0.1) is 11.3 Å². The summed E-state index contributed by atoms with van der Waals surface area (Å²) in [6.07, 6.45) is 0.649. The number of nitrogens with two attached hydrogens (primary N) is 1. The standard InChI is InChI=1S/C22H24N4O8S2/c1-10(27)26-13-7-25-15-14(11(8-32-19(23)30)21(25,31-2)17(13)26)18(29)22(33-4-5-34-22)12(16(15)28)9-36-20-24-3-6-35-20/h3,6,11-13,17H,4-5,7-9H2,1-2H3,(H2,23,30)/t11-,12?,13+,17+,21-,26?/m1/s1. The number of carbonyl (C=O) groups excluding carboxylic acids is 4. The molecule has 192 valence electrons. The van der Waals surface area contributed by atoms with Crippen LogP contribution in [0.2, 0.25) is 0 Å². The smallest absolute Gasteiger partial charge is 0.404 e. The van der Waals surface area contributed by atoms with E-state index in [9.17, 15) is 19.2 Å². The lowest BCUT2D eigenvalue weighted by Crippen LogP contribution is -2.56. The number of aromatic nitrogens is 1. The second kappa shape index (κ2) is 8.25. The summed E-state index contributed by atoms with van der Waals surface area (Å²) in [7, 11) is 1.46. The van der Waals surface area contributed by atoms with Crippen molar-refractivity contribution in [1.82, 2.24) is 14.8 Å². The SMILES string of the molecule is CO[C@@]12[C@H](COC(N)=O)C3=C(C(=O)C(CSc4nccs4)C4(OCCO4)C3=O)N1C[C@H]1[C@@H]2N1C(C)=O. The number of thiazole rings is 1. The minimum absolute atomic E-state index is 0.134. The van der Waals surface area contributed by atoms with E-state index >= 15 is 0 Å². The molecular formula is C22H24N4O8S2. The summed E-state index contributed by atoms with van der Waals surface area (Å²) in [5.41, 5.74) is 4.34. The van der Waals surface area contributed by atoms with Crippen molar-refractivity contribution >= 4 is 46.7 Å². The monoisotopic (exact) mass is 536 g/mol. The van der Waals surface area contributed by atoms with Crippen LogP contribution in [0.4, 0.5) is 4.79 Å². The van der Waals surface area contributed by atoms with Crippen LogP contribution < -0.4 is 5.73 Å². The van der Waals surface area contributed by atoms with E-state index in [1.165, 1.54) is 37.1 Å². The third kappa shape index (κ3) is 3.02. The molecule has 3 saturated heterocycles. The van der Waals surface area contributed by atoms with Crippen molar-refractivity contribution in [3.63, 3.8) is 0 Å². The number of allylic oxidation sites excluding steroid dienone is 1. The lowest BCUT2D eigenvalue weighted by Gasteiger charge is -2.41. The number of piperazine rings is 1. The predicted molar refractivity (Wildman–Crippen MR) is 124 cm³/mol. The number of ether oxygens (including phenoxy) is 4. The van der Waals surface area contributed by atoms with Gasteiger partial charge < -0.3 is 34.5 Å². The zero-order valence-corrected chi connectivity index (χ0v) is 21.1. The van der Waals surface area contributed by atoms with Crippen LogP contribution in [-0.2, 0) is 33.3 Å². The highest BCUT2D eigenvalue weighted by atomic mass is 32.2. The van der Waals surface area contributed by atoms with Gasteiger partial charge in [0.2, 0.25) is 17.5 Å². The van der Waals surface area contributed by atoms with Gasteiger partial charge in [0.1, 0.15) is 17.0 Å². The van der Waals surface area contributed by atoms with Crippen molar-refractivity contribution in [3.05, 3.63) is 22.8 Å². The molecule has 1 aliphatic carbocycles. The van der Waals surface area contributed by atoms with Crippen LogP contribution in [0.3, 0.4) is 0 Å². The van der Waals surface area contributed by atoms with Crippen molar-refractivity contribution in [1.29, 1.82) is 0 Å². The van der Waals surface area contributed by atoms with Gasteiger partial charge in [-0.25, -0.2) is 9.78 Å². The molecule has 1 aromatic rings. The van der Waals surface area contributed by atoms with Gasteiger partial charge in [-0.3, -0.25) is 14.4 Å². The van der Waals surface area contributed by atoms with Crippen LogP contribution in [0.25, 0.3) is 0 Å². The fourth-order valence-corrected chi connectivity index (χ4v) is 8.20. The minimum Gasteiger partial charge on any atom is -0.449 e. The fraction of sp³-hybridized carbons (Fsp3) is 0.591. The number of hydrogen-bond donors (Lipinski definition) is 1. The Labute approximate surface area is 214 Å². The Hall–Kier alpha value is -2.52. The van der Waals surface area contributed by atoms with Crippen molar-refractivity contribution in [2.24, 2.45) is 17.6 Å². The Morgan fingerprint density at radius 3 is 2.67 bits per heavy atom. The number of methoxy groups -OCH3 is 1. The number of thioether (sulfide) groups is 1. The zero-order valence-electron chi connectivity index (χ0n) is 19.5. The topological polar surface area (TPSA) is 150 Å². The number of carbonyl (C=O) groups is 4. The first kappa shape index (κ1) is 23.9. The molecule has 6 rings (SSSR count). The normalized spacial score (nSPS) is 33.7. The molecule has 0 radical (unpaired) electrons. The van der Waals surface area contributed by atoms with E-state index in [2.05, 4.69) is 4.98 Å². The highest BCUT2D eigenvalue weighted by molar-refractivity contribution is 8.01. The molecule has 4 aliphatic heterocycles. The highest BCUT2D eigenvalue weighted by Gasteiger charge is 2.79. The molecule has 0 aromatic carbocycles. The Kier molecular flexibility index (Phi) is 5.46. The van der Waals surface area contributed by atoms with Gasteiger partial charge >= 0.3 is 6.09 Å². The Bertz CT molecular complexity index is 1180. The number of fused-ring (bicyclic) bond motifs is 4. The van der Waals surface area contributed by atoms with Crippen molar-refractivity contribution in [2.45, 2.75) is 34.9 Å². The molecule has 1 unspecified atom stereocenters. The number of primary amides is 1. The molecular weight excluding hydrogens is 512 g/mol. The van der Waals surface area contributed by atoms with Crippen LogP contribution in [0, 0.1) is 11.8 Å². The molecule has 36 heavy (non-hydrogen) atoms. The molecule has 3 fully saturated rings. The second-order valence-corrected chi connectivity index (χ2v) is 11.3. The number of nitrogens with zero attached hydrogens (tertiary/aromatic N) is 3. The number of ketones is 2. The maximum absolute atomic E-state index is 14.2. The summed E-state index contributed by atoms with van der Waals surface area (Å²) < 4.78 is 23.8. The van der Waals surface area contributed by atoms with Gasteiger partial charge in [0.15, 0.2) is 11.5 Å². The van der Waals surface area contributed by atoms with Gasteiger partial charge in [0, 0.05) is 43.5 Å². The Balaban J connectivity index is 1.44. The molecule has 14 heteroatoms. The Morgan fingerprint density at radius 1 is 1.31 bits per heavy atom. The van der Waals surface area contributed by atoms with Gasteiger partial charge in [0.25, 0.3) is 0 Å². The van der Waals surface area contributed by atoms with E-state index in [1.54, 1.807) is 16.0 Å². The van der Waals surface area contributed by atoms with Crippen LogP contribution >= 0.6 is 23.1 Å². The lowest BCUT2D eigenvalue weighted by atomic mass is 9.76. The molecule has 1 spiro atoms. The van der Waals surface area contributed by atoms with Crippen molar-refractivity contribution < 1.29 is 38.1 Å². The van der Waals surface area contributed by atoms with E-state index in [1.807, 2.05) is 5.38 Å². The van der Waals surface area contributed by atoms with Gasteiger partial charge in [0.05, 0.1) is 36.8 Å². The maximum atomic E-state index is 14.2. The molecule has 1 aromatic heterocycles. The average Bonchev–Trinajstić information content (AvgIpc) is 3.32. The van der Waals surface area contributed by atoms with E-state index in [4.69, 9.17) is 24.7 Å². The molecule has 2 amide bonds. The van der Waals surface area contributed by atoms with E-state index in [-0.39, 0.29) is 54.6 Å². The average molecular weight is 537 g/mol. The minimum atomic E-state index is -1.79. The zero-order chi connectivity index (χ0) is 25.4. The van der Waals surface area contributed by atoms with Crippen LogP contribution in [0.1, 0.15) is 6.92 Å². The summed E-state index contributed by atoms with van der Waals surface area (Å²) in [6.45, 7) is 1.78. The van der Waals surface area contributed by atoms with E-state index in [0.29, 0.717) is 6.54 Å². The summed E-state index contributed by atoms with van der Waals surface area (Å²) in [6, 6.07) is -0.606. The van der Waals surface area contributed by atoms with Crippen molar-refractivity contribution in [3.8, 4) is 0 Å². The molecule has 2 N–H and O–H groups in total. The van der Waals surface area contributed by atoms with E-state index < -0.39 is 41.3 Å². The number of Topliss-reactive ketones (excluding diaryl/α,β-unsaturated/α-hetero) is 2. The quantitative estimate of drug-likeness (QED) is 0.386. The van der Waals surface area contributed by atoms with Gasteiger partial charge in [-0.05, 0) is 0 Å². The van der Waals surface area contributed by atoms with Crippen molar-refractivity contribution in [2.75, 3.05) is 39.2 Å². The third-order valence-electron chi connectivity index (χ3n) is 7.67. The Morgan fingerprint density at radius 2 is 2.06 bits per heavy atom. The number of rotatable bonds is 6. The molecule has 5 heterocycles. The summed E-state index contributed by atoms with van der Waals surface area (Å²) in [4.78, 5) is 59.9. The number of hydrogen-bond acceptors (Lipinski definition) is 12. The van der Waals surface area contributed by atoms with Gasteiger partial charge in [-0.1, -0.05) is 11.8 Å². The molecule has 12 nitrogen and oxygen atoms in total. The summed E-state index contributed by atoms with van der Waals surface area (Å²) in [5, 5.41) is 1.83.